The molecule has 0 unspecified atom stereocenters. The summed E-state index contributed by atoms with van der Waals surface area (Å²) in [5, 5.41) is 12.3. The van der Waals surface area contributed by atoms with Gasteiger partial charge in [0.1, 0.15) is 0 Å². The zero-order valence-electron chi connectivity index (χ0n) is 7.73. The predicted molar refractivity (Wildman–Crippen MR) is 43.7 cm³/mol. The van der Waals surface area contributed by atoms with Crippen LogP contribution in [0.2, 0.25) is 0 Å². The molecule has 0 radical (unpaired) electrons. The molecule has 0 aliphatic heterocycles. The molecule has 1 saturated carbocycles. The zero-order valence-corrected chi connectivity index (χ0v) is 7.73. The highest BCUT2D eigenvalue weighted by Crippen LogP contribution is 2.30. The normalized spacial score (nSPS) is 20.6. The largest absolute Gasteiger partial charge is 0.522 e. The minimum Gasteiger partial charge on any atom is -0.389 e. The van der Waals surface area contributed by atoms with Gasteiger partial charge in [-0.2, -0.15) is 0 Å². The quantitative estimate of drug-likeness (QED) is 0.670. The summed E-state index contributed by atoms with van der Waals surface area (Å²) in [5.41, 5.74) is -0.696. The van der Waals surface area contributed by atoms with Crippen LogP contribution in [0, 0.1) is 0 Å². The Morgan fingerprint density at radius 3 is 2.43 bits per heavy atom. The molecule has 0 amide bonds. The Bertz CT molecular complexity index is 180. The van der Waals surface area contributed by atoms with E-state index in [1.807, 2.05) is 0 Å². The number of ether oxygens (including phenoxy) is 1. The highest BCUT2D eigenvalue weighted by molar-refractivity contribution is 4.89. The molecule has 1 rings (SSSR count). The van der Waals surface area contributed by atoms with Crippen molar-refractivity contribution in [3.05, 3.63) is 0 Å². The van der Waals surface area contributed by atoms with Gasteiger partial charge in [0, 0.05) is 13.1 Å². The molecule has 2 N–H and O–H groups in total. The van der Waals surface area contributed by atoms with E-state index in [2.05, 4.69) is 10.1 Å². The number of aliphatic hydroxyl groups is 1. The van der Waals surface area contributed by atoms with Crippen LogP contribution in [0.5, 0.6) is 0 Å². The van der Waals surface area contributed by atoms with Crippen molar-refractivity contribution < 1.29 is 23.0 Å². The average molecular weight is 213 g/mol. The fourth-order valence-corrected chi connectivity index (χ4v) is 1.32. The van der Waals surface area contributed by atoms with E-state index in [0.717, 1.165) is 19.3 Å². The van der Waals surface area contributed by atoms with Gasteiger partial charge in [0.25, 0.3) is 0 Å². The first-order valence-corrected chi connectivity index (χ1v) is 4.55. The minimum absolute atomic E-state index is 0.0990. The van der Waals surface area contributed by atoms with E-state index >= 15 is 0 Å². The molecule has 14 heavy (non-hydrogen) atoms. The van der Waals surface area contributed by atoms with Gasteiger partial charge < -0.3 is 10.4 Å². The number of hydrogen-bond acceptors (Lipinski definition) is 3. The Balaban J connectivity index is 1.94. The van der Waals surface area contributed by atoms with Crippen molar-refractivity contribution in [3.8, 4) is 0 Å². The van der Waals surface area contributed by atoms with Crippen LogP contribution in [0.15, 0.2) is 0 Å². The van der Waals surface area contributed by atoms with Crippen molar-refractivity contribution in [2.24, 2.45) is 0 Å². The highest BCUT2D eigenvalue weighted by atomic mass is 19.4. The fourth-order valence-electron chi connectivity index (χ4n) is 1.32. The lowest BCUT2D eigenvalue weighted by molar-refractivity contribution is -0.323. The van der Waals surface area contributed by atoms with Crippen LogP contribution in [0.3, 0.4) is 0 Å². The molecule has 0 atom stereocenters. The van der Waals surface area contributed by atoms with Crippen LogP contribution in [-0.4, -0.2) is 36.8 Å². The summed E-state index contributed by atoms with van der Waals surface area (Å²) in [6, 6.07) is 0. The van der Waals surface area contributed by atoms with Crippen LogP contribution < -0.4 is 5.32 Å². The Kier molecular flexibility index (Phi) is 3.74. The lowest BCUT2D eigenvalue weighted by Gasteiger charge is -2.36. The van der Waals surface area contributed by atoms with E-state index in [0.29, 0.717) is 6.54 Å². The summed E-state index contributed by atoms with van der Waals surface area (Å²) in [5.74, 6) is 0. The van der Waals surface area contributed by atoms with Gasteiger partial charge in [0.05, 0.1) is 12.2 Å². The Morgan fingerprint density at radius 1 is 1.36 bits per heavy atom. The monoisotopic (exact) mass is 213 g/mol. The van der Waals surface area contributed by atoms with Crippen molar-refractivity contribution >= 4 is 0 Å². The molecule has 0 saturated heterocycles. The summed E-state index contributed by atoms with van der Waals surface area (Å²) in [7, 11) is 0. The summed E-state index contributed by atoms with van der Waals surface area (Å²) >= 11 is 0. The van der Waals surface area contributed by atoms with E-state index in [1.165, 1.54) is 0 Å². The highest BCUT2D eigenvalue weighted by Gasteiger charge is 2.33. The third-order valence-corrected chi connectivity index (χ3v) is 2.28. The van der Waals surface area contributed by atoms with Crippen LogP contribution in [0.25, 0.3) is 0 Å². The van der Waals surface area contributed by atoms with Crippen molar-refractivity contribution in [2.45, 2.75) is 31.2 Å². The molecule has 0 bridgehead atoms. The van der Waals surface area contributed by atoms with Gasteiger partial charge in [-0.3, -0.25) is 4.74 Å². The number of alkyl halides is 3. The van der Waals surface area contributed by atoms with E-state index in [9.17, 15) is 18.3 Å². The van der Waals surface area contributed by atoms with Gasteiger partial charge in [-0.1, -0.05) is 0 Å². The molecule has 0 aromatic carbocycles. The first-order chi connectivity index (χ1) is 6.41. The van der Waals surface area contributed by atoms with Crippen molar-refractivity contribution in [1.82, 2.24) is 5.32 Å². The van der Waals surface area contributed by atoms with Crippen LogP contribution >= 0.6 is 0 Å². The Hall–Kier alpha value is -0.330. The Labute approximate surface area is 80.2 Å². The first-order valence-electron chi connectivity index (χ1n) is 4.55. The lowest BCUT2D eigenvalue weighted by atomic mass is 9.80. The van der Waals surface area contributed by atoms with Gasteiger partial charge in [0.2, 0.25) is 0 Å². The molecule has 1 fully saturated rings. The number of rotatable bonds is 5. The third-order valence-electron chi connectivity index (χ3n) is 2.28. The number of nitrogens with one attached hydrogen (secondary N) is 1. The number of halogens is 3. The topological polar surface area (TPSA) is 41.5 Å². The van der Waals surface area contributed by atoms with Crippen molar-refractivity contribution in [1.29, 1.82) is 0 Å². The molecule has 0 heterocycles. The van der Waals surface area contributed by atoms with Crippen LogP contribution in [0.4, 0.5) is 13.2 Å². The molecular formula is C8H14F3NO2. The maximum Gasteiger partial charge on any atom is 0.522 e. The van der Waals surface area contributed by atoms with Gasteiger partial charge in [-0.05, 0) is 19.3 Å². The van der Waals surface area contributed by atoms with Crippen molar-refractivity contribution in [2.75, 3.05) is 19.7 Å². The van der Waals surface area contributed by atoms with Crippen LogP contribution in [-0.2, 0) is 4.74 Å². The summed E-state index contributed by atoms with van der Waals surface area (Å²) in [6.07, 6.45) is -2.13. The lowest BCUT2D eigenvalue weighted by Crippen LogP contribution is -2.47. The average Bonchev–Trinajstić information content (AvgIpc) is 1.98. The predicted octanol–water partition coefficient (Wildman–Crippen LogP) is 1.03. The number of hydrogen-bond donors (Lipinski definition) is 2. The second-order valence-corrected chi connectivity index (χ2v) is 3.55. The van der Waals surface area contributed by atoms with E-state index < -0.39 is 18.6 Å². The molecule has 1 aliphatic carbocycles. The Morgan fingerprint density at radius 2 is 2.00 bits per heavy atom. The van der Waals surface area contributed by atoms with Gasteiger partial charge in [-0.25, -0.2) is 0 Å². The molecule has 3 nitrogen and oxygen atoms in total. The zero-order chi connectivity index (χ0) is 10.7. The maximum atomic E-state index is 11.5. The SMILES string of the molecule is OC1(CNCCOC(F)(F)F)CCC1. The van der Waals surface area contributed by atoms with Gasteiger partial charge >= 0.3 is 6.36 Å². The maximum absolute atomic E-state index is 11.5. The molecule has 0 aromatic rings. The summed E-state index contributed by atoms with van der Waals surface area (Å²) < 4.78 is 38.0. The summed E-state index contributed by atoms with van der Waals surface area (Å²) in [4.78, 5) is 0. The second kappa shape index (κ2) is 4.46. The first kappa shape index (κ1) is 11.7. The molecule has 0 spiro atoms. The van der Waals surface area contributed by atoms with E-state index in [4.69, 9.17) is 0 Å². The van der Waals surface area contributed by atoms with E-state index in [-0.39, 0.29) is 6.54 Å². The van der Waals surface area contributed by atoms with Gasteiger partial charge in [-0.15, -0.1) is 13.2 Å². The summed E-state index contributed by atoms with van der Waals surface area (Å²) in [6.45, 7) is 0.0234. The molecule has 84 valence electrons. The van der Waals surface area contributed by atoms with Crippen molar-refractivity contribution in [3.63, 3.8) is 0 Å². The smallest absolute Gasteiger partial charge is 0.389 e. The molecule has 6 heteroatoms. The molecule has 0 aromatic heterocycles. The third kappa shape index (κ3) is 4.26. The fraction of sp³-hybridized carbons (Fsp3) is 1.00. The molecular weight excluding hydrogens is 199 g/mol. The van der Waals surface area contributed by atoms with Gasteiger partial charge in [0.15, 0.2) is 0 Å². The standard InChI is InChI=1S/C8H14F3NO2/c9-8(10,11)14-5-4-12-6-7(13)2-1-3-7/h12-13H,1-6H2. The minimum atomic E-state index is -4.56. The van der Waals surface area contributed by atoms with E-state index in [1.54, 1.807) is 0 Å². The molecule has 1 aliphatic rings. The van der Waals surface area contributed by atoms with Crippen LogP contribution in [0.1, 0.15) is 19.3 Å². The second-order valence-electron chi connectivity index (χ2n) is 3.55.